The molecule has 1 fully saturated rings. The third-order valence-electron chi connectivity index (χ3n) is 7.80. The molecule has 0 aliphatic carbocycles. The van der Waals surface area contributed by atoms with Crippen LogP contribution in [0.4, 0.5) is 0 Å². The van der Waals surface area contributed by atoms with Crippen LogP contribution in [0.5, 0.6) is 0 Å². The lowest BCUT2D eigenvalue weighted by Gasteiger charge is -2.42. The number of ketones is 1. The predicted molar refractivity (Wildman–Crippen MR) is 148 cm³/mol. The van der Waals surface area contributed by atoms with Gasteiger partial charge in [0, 0.05) is 12.0 Å². The number of carboxylic acids is 2. The van der Waals surface area contributed by atoms with Crippen molar-refractivity contribution in [1.29, 1.82) is 0 Å². The molecular formula is C32H35NO6. The number of hydrogen-bond donors (Lipinski definition) is 3. The third kappa shape index (κ3) is 6.80. The summed E-state index contributed by atoms with van der Waals surface area (Å²) in [6.45, 7) is 2.50. The van der Waals surface area contributed by atoms with Crippen molar-refractivity contribution in [2.45, 2.75) is 37.7 Å². The Hall–Kier alpha value is -3.81. The molecule has 1 saturated heterocycles. The molecule has 0 aromatic heterocycles. The third-order valence-corrected chi connectivity index (χ3v) is 7.80. The van der Waals surface area contributed by atoms with Gasteiger partial charge in [0.25, 0.3) is 0 Å². The number of piperidine rings is 1. The topological polar surface area (TPSA) is 115 Å². The smallest absolute Gasteiger partial charge is 0.318 e. The molecule has 3 N–H and O–H groups in total. The van der Waals surface area contributed by atoms with Crippen molar-refractivity contribution in [2.24, 2.45) is 11.8 Å². The minimum atomic E-state index is -1.51. The number of aliphatic carboxylic acids is 2. The fraction of sp³-hybridized carbons (Fsp3) is 0.344. The average molecular weight is 530 g/mol. The Morgan fingerprint density at radius 2 is 1.31 bits per heavy atom. The monoisotopic (exact) mass is 529 g/mol. The molecule has 0 saturated carbocycles. The molecule has 4 rings (SSSR count). The van der Waals surface area contributed by atoms with Crippen molar-refractivity contribution in [3.63, 3.8) is 0 Å². The lowest BCUT2D eigenvalue weighted by molar-refractivity contribution is -0.154. The van der Waals surface area contributed by atoms with Crippen LogP contribution in [-0.4, -0.2) is 57.6 Å². The van der Waals surface area contributed by atoms with Crippen LogP contribution in [0.2, 0.25) is 0 Å². The van der Waals surface area contributed by atoms with Gasteiger partial charge in [-0.1, -0.05) is 84.9 Å². The summed E-state index contributed by atoms with van der Waals surface area (Å²) in [6.07, 6.45) is 2.68. The Morgan fingerprint density at radius 3 is 1.79 bits per heavy atom. The zero-order valence-electron chi connectivity index (χ0n) is 21.9. The van der Waals surface area contributed by atoms with Gasteiger partial charge in [0.05, 0.1) is 0 Å². The minimum Gasteiger partial charge on any atom is -0.481 e. The van der Waals surface area contributed by atoms with E-state index in [4.69, 9.17) is 10.2 Å². The molecule has 7 nitrogen and oxygen atoms in total. The highest BCUT2D eigenvalue weighted by atomic mass is 16.4. The molecule has 0 radical (unpaired) electrons. The summed E-state index contributed by atoms with van der Waals surface area (Å²) in [5.41, 5.74) is 1.87. The number of likely N-dealkylation sites (tertiary alicyclic amines) is 1. The number of aliphatic hydroxyl groups is 1. The standard InChI is InChI=1S/C32H35NO6/c34-29(24-15-13-23(14-16-24)22-28(30(35)36)31(37)38)12-7-19-33-20-17-27(18-21-33)32(39,25-8-3-1-4-9-25)26-10-5-2-6-11-26/h1-6,8-11,13-16,27-28,39H,7,12,17-22H2,(H,35,36)(H,37,38). The molecule has 1 aliphatic rings. The maximum absolute atomic E-state index is 12.7. The Labute approximate surface area is 228 Å². The molecule has 0 amide bonds. The Balaban J connectivity index is 1.28. The zero-order valence-corrected chi connectivity index (χ0v) is 21.9. The number of carbonyl (C=O) groups excluding carboxylic acids is 1. The fourth-order valence-corrected chi connectivity index (χ4v) is 5.55. The molecule has 0 unspecified atom stereocenters. The van der Waals surface area contributed by atoms with E-state index in [1.807, 2.05) is 60.7 Å². The van der Waals surface area contributed by atoms with Crippen LogP contribution >= 0.6 is 0 Å². The fourth-order valence-electron chi connectivity index (χ4n) is 5.55. The van der Waals surface area contributed by atoms with Crippen LogP contribution in [0.25, 0.3) is 0 Å². The number of hydrogen-bond acceptors (Lipinski definition) is 5. The van der Waals surface area contributed by atoms with Gasteiger partial charge in [-0.05, 0) is 67.9 Å². The maximum Gasteiger partial charge on any atom is 0.318 e. The van der Waals surface area contributed by atoms with E-state index in [0.717, 1.165) is 43.6 Å². The van der Waals surface area contributed by atoms with Crippen LogP contribution in [0, 0.1) is 11.8 Å². The van der Waals surface area contributed by atoms with Gasteiger partial charge in [-0.25, -0.2) is 0 Å². The van der Waals surface area contributed by atoms with Crippen LogP contribution < -0.4 is 0 Å². The number of nitrogens with zero attached hydrogens (tertiary/aromatic N) is 1. The first kappa shape index (κ1) is 28.2. The average Bonchev–Trinajstić information content (AvgIpc) is 2.96. The Bertz CT molecular complexity index is 1200. The lowest BCUT2D eigenvalue weighted by Crippen LogP contribution is -2.44. The maximum atomic E-state index is 12.7. The number of carboxylic acid groups (broad SMARTS) is 2. The molecule has 0 spiro atoms. The molecular weight excluding hydrogens is 494 g/mol. The van der Waals surface area contributed by atoms with Crippen molar-refractivity contribution in [2.75, 3.05) is 19.6 Å². The molecule has 0 bridgehead atoms. The van der Waals surface area contributed by atoms with E-state index in [1.165, 1.54) is 0 Å². The highest BCUT2D eigenvalue weighted by molar-refractivity contribution is 5.96. The van der Waals surface area contributed by atoms with Crippen molar-refractivity contribution >= 4 is 17.7 Å². The van der Waals surface area contributed by atoms with E-state index in [2.05, 4.69) is 4.90 Å². The van der Waals surface area contributed by atoms with Gasteiger partial charge in [-0.15, -0.1) is 0 Å². The van der Waals surface area contributed by atoms with Gasteiger partial charge < -0.3 is 20.2 Å². The normalized spacial score (nSPS) is 14.8. The highest BCUT2D eigenvalue weighted by Gasteiger charge is 2.41. The summed E-state index contributed by atoms with van der Waals surface area (Å²) >= 11 is 0. The lowest BCUT2D eigenvalue weighted by atomic mass is 9.72. The van der Waals surface area contributed by atoms with Gasteiger partial charge in [-0.2, -0.15) is 0 Å². The second-order valence-electron chi connectivity index (χ2n) is 10.3. The van der Waals surface area contributed by atoms with Crippen molar-refractivity contribution in [3.05, 3.63) is 107 Å². The molecule has 7 heteroatoms. The summed E-state index contributed by atoms with van der Waals surface area (Å²) < 4.78 is 0. The van der Waals surface area contributed by atoms with Crippen molar-refractivity contribution < 1.29 is 29.7 Å². The first-order valence-electron chi connectivity index (χ1n) is 13.4. The number of carbonyl (C=O) groups is 3. The molecule has 204 valence electrons. The summed E-state index contributed by atoms with van der Waals surface area (Å²) in [7, 11) is 0. The van der Waals surface area contributed by atoms with Crippen LogP contribution in [0.1, 0.15) is 52.7 Å². The van der Waals surface area contributed by atoms with Gasteiger partial charge in [0.2, 0.25) is 0 Å². The molecule has 3 aromatic rings. The molecule has 39 heavy (non-hydrogen) atoms. The van der Waals surface area contributed by atoms with E-state index in [1.54, 1.807) is 24.3 Å². The summed E-state index contributed by atoms with van der Waals surface area (Å²) in [6, 6.07) is 26.3. The van der Waals surface area contributed by atoms with Crippen molar-refractivity contribution in [3.8, 4) is 0 Å². The molecule has 1 aliphatic heterocycles. The molecule has 1 heterocycles. The number of benzene rings is 3. The van der Waals surface area contributed by atoms with Gasteiger partial charge >= 0.3 is 11.9 Å². The Morgan fingerprint density at radius 1 is 0.795 bits per heavy atom. The van der Waals surface area contributed by atoms with Crippen molar-refractivity contribution in [1.82, 2.24) is 4.90 Å². The molecule has 0 atom stereocenters. The predicted octanol–water partition coefficient (Wildman–Crippen LogP) is 4.63. The van der Waals surface area contributed by atoms with Gasteiger partial charge in [0.1, 0.15) is 5.60 Å². The van der Waals surface area contributed by atoms with Crippen LogP contribution in [0.3, 0.4) is 0 Å². The minimum absolute atomic E-state index is 0.00647. The van der Waals surface area contributed by atoms with Crippen LogP contribution in [0.15, 0.2) is 84.9 Å². The van der Waals surface area contributed by atoms with Gasteiger partial charge in [0.15, 0.2) is 11.7 Å². The largest absolute Gasteiger partial charge is 0.481 e. The molecule has 3 aromatic carbocycles. The highest BCUT2D eigenvalue weighted by Crippen LogP contribution is 2.41. The summed E-state index contributed by atoms with van der Waals surface area (Å²) in [5, 5.41) is 30.2. The van der Waals surface area contributed by atoms with E-state index in [9.17, 15) is 19.5 Å². The number of rotatable bonds is 12. The van der Waals surface area contributed by atoms with E-state index >= 15 is 0 Å². The first-order valence-corrected chi connectivity index (χ1v) is 13.4. The first-order chi connectivity index (χ1) is 18.8. The van der Waals surface area contributed by atoms with Gasteiger partial charge in [-0.3, -0.25) is 14.4 Å². The number of Topliss-reactive ketones (excluding diaryl/α,β-unsaturated/α-hetero) is 1. The quantitative estimate of drug-likeness (QED) is 0.232. The van der Waals surface area contributed by atoms with E-state index < -0.39 is 23.5 Å². The van der Waals surface area contributed by atoms with Crippen LogP contribution in [-0.2, 0) is 21.6 Å². The van der Waals surface area contributed by atoms with E-state index in [-0.39, 0.29) is 18.1 Å². The summed E-state index contributed by atoms with van der Waals surface area (Å²) in [4.78, 5) is 37.3. The summed E-state index contributed by atoms with van der Waals surface area (Å²) in [5.74, 6) is -4.17. The van der Waals surface area contributed by atoms with E-state index in [0.29, 0.717) is 24.0 Å². The second kappa shape index (κ2) is 12.8. The SMILES string of the molecule is O=C(CCCN1CCC(C(O)(c2ccccc2)c2ccccc2)CC1)c1ccc(CC(C(=O)O)C(=O)O)cc1. The zero-order chi connectivity index (χ0) is 27.8. The Kier molecular flexibility index (Phi) is 9.28. The second-order valence-corrected chi connectivity index (χ2v) is 10.3.